The van der Waals surface area contributed by atoms with Crippen LogP contribution in [0.15, 0.2) is 0 Å². The van der Waals surface area contributed by atoms with E-state index in [0.717, 1.165) is 25.9 Å². The molecule has 1 saturated heterocycles. The summed E-state index contributed by atoms with van der Waals surface area (Å²) >= 11 is 0. The Morgan fingerprint density at radius 2 is 1.30 bits per heavy atom. The lowest BCUT2D eigenvalue weighted by Crippen LogP contribution is -2.46. The van der Waals surface area contributed by atoms with Crippen molar-refractivity contribution in [2.24, 2.45) is 11.3 Å². The Morgan fingerprint density at radius 1 is 0.750 bits per heavy atom. The highest BCUT2D eigenvalue weighted by atomic mass is 16.2. The fraction of sp³-hybridized carbons (Fsp3) is 0.944. The molecule has 2 aliphatic carbocycles. The van der Waals surface area contributed by atoms with Crippen LogP contribution in [0.25, 0.3) is 0 Å². The summed E-state index contributed by atoms with van der Waals surface area (Å²) in [6.45, 7) is 2.10. The summed E-state index contributed by atoms with van der Waals surface area (Å²) in [5.74, 6) is 0.857. The number of hydrogen-bond donors (Lipinski definition) is 0. The molecule has 0 atom stereocenters. The van der Waals surface area contributed by atoms with Crippen molar-refractivity contribution in [2.75, 3.05) is 13.1 Å². The third-order valence-corrected chi connectivity index (χ3v) is 6.25. The third kappa shape index (κ3) is 3.20. The number of nitrogens with zero attached hydrogens (tertiary/aromatic N) is 1. The Morgan fingerprint density at radius 3 is 1.90 bits per heavy atom. The molecule has 2 heteroatoms. The molecule has 3 rings (SSSR count). The third-order valence-electron chi connectivity index (χ3n) is 6.25. The minimum absolute atomic E-state index is 0.359. The molecule has 2 nitrogen and oxygen atoms in total. The minimum atomic E-state index is 0.359. The maximum Gasteiger partial charge on any atom is 0.225 e. The van der Waals surface area contributed by atoms with Crippen molar-refractivity contribution in [1.29, 1.82) is 0 Å². The van der Waals surface area contributed by atoms with Gasteiger partial charge in [-0.3, -0.25) is 4.79 Å². The molecule has 20 heavy (non-hydrogen) atoms. The molecule has 0 radical (unpaired) electrons. The quantitative estimate of drug-likeness (QED) is 0.645. The van der Waals surface area contributed by atoms with Crippen LogP contribution in [-0.4, -0.2) is 23.9 Å². The van der Waals surface area contributed by atoms with Gasteiger partial charge < -0.3 is 4.90 Å². The van der Waals surface area contributed by atoms with Crippen molar-refractivity contribution in [3.8, 4) is 0 Å². The van der Waals surface area contributed by atoms with E-state index in [1.165, 1.54) is 70.6 Å². The SMILES string of the molecule is O=C(C1CCCCCC1)N1CCC2(CCCCC2)CC1. The number of amides is 1. The van der Waals surface area contributed by atoms with Crippen LogP contribution in [0.5, 0.6) is 0 Å². The molecule has 1 aliphatic heterocycles. The van der Waals surface area contributed by atoms with Crippen molar-refractivity contribution in [1.82, 2.24) is 4.90 Å². The van der Waals surface area contributed by atoms with Gasteiger partial charge in [0, 0.05) is 19.0 Å². The van der Waals surface area contributed by atoms with Crippen LogP contribution in [-0.2, 0) is 4.79 Å². The van der Waals surface area contributed by atoms with Crippen molar-refractivity contribution in [3.63, 3.8) is 0 Å². The zero-order valence-corrected chi connectivity index (χ0v) is 13.0. The number of piperidine rings is 1. The van der Waals surface area contributed by atoms with Gasteiger partial charge in [-0.1, -0.05) is 44.9 Å². The van der Waals surface area contributed by atoms with Crippen LogP contribution in [0.1, 0.15) is 83.5 Å². The molecular formula is C18H31NO. The van der Waals surface area contributed by atoms with E-state index in [1.54, 1.807) is 0 Å². The summed E-state index contributed by atoms with van der Waals surface area (Å²) < 4.78 is 0. The number of carbonyl (C=O) groups excluding carboxylic acids is 1. The molecule has 1 spiro atoms. The summed E-state index contributed by atoms with van der Waals surface area (Å²) in [4.78, 5) is 14.9. The van der Waals surface area contributed by atoms with E-state index in [0.29, 0.717) is 17.2 Å². The van der Waals surface area contributed by atoms with Gasteiger partial charge in [-0.05, 0) is 43.9 Å². The van der Waals surface area contributed by atoms with Gasteiger partial charge in [0.05, 0.1) is 0 Å². The van der Waals surface area contributed by atoms with E-state index in [1.807, 2.05) is 0 Å². The Kier molecular flexibility index (Phi) is 4.68. The van der Waals surface area contributed by atoms with Gasteiger partial charge in [-0.2, -0.15) is 0 Å². The second-order valence-electron chi connectivity index (χ2n) is 7.57. The van der Waals surface area contributed by atoms with Crippen LogP contribution in [0.4, 0.5) is 0 Å². The summed E-state index contributed by atoms with van der Waals surface area (Å²) in [5, 5.41) is 0. The van der Waals surface area contributed by atoms with Crippen LogP contribution >= 0.6 is 0 Å². The van der Waals surface area contributed by atoms with Gasteiger partial charge in [0.1, 0.15) is 0 Å². The lowest BCUT2D eigenvalue weighted by molar-refractivity contribution is -0.138. The highest BCUT2D eigenvalue weighted by Crippen LogP contribution is 2.44. The lowest BCUT2D eigenvalue weighted by atomic mass is 9.68. The van der Waals surface area contributed by atoms with Gasteiger partial charge >= 0.3 is 0 Å². The first-order valence-electron chi connectivity index (χ1n) is 9.08. The van der Waals surface area contributed by atoms with Crippen molar-refractivity contribution >= 4 is 5.91 Å². The summed E-state index contributed by atoms with van der Waals surface area (Å²) in [7, 11) is 0. The molecule has 0 bridgehead atoms. The zero-order chi connectivity index (χ0) is 13.8. The highest BCUT2D eigenvalue weighted by molar-refractivity contribution is 5.79. The minimum Gasteiger partial charge on any atom is -0.342 e. The molecule has 0 aromatic rings. The number of hydrogen-bond acceptors (Lipinski definition) is 1. The Balaban J connectivity index is 1.53. The molecule has 114 valence electrons. The van der Waals surface area contributed by atoms with E-state index in [2.05, 4.69) is 4.90 Å². The molecule has 1 amide bonds. The average molecular weight is 277 g/mol. The van der Waals surface area contributed by atoms with E-state index in [4.69, 9.17) is 0 Å². The maximum atomic E-state index is 12.7. The lowest BCUT2D eigenvalue weighted by Gasteiger charge is -2.45. The smallest absolute Gasteiger partial charge is 0.225 e. The van der Waals surface area contributed by atoms with E-state index >= 15 is 0 Å². The van der Waals surface area contributed by atoms with Gasteiger partial charge in [0.25, 0.3) is 0 Å². The Bertz CT molecular complexity index is 314. The van der Waals surface area contributed by atoms with Gasteiger partial charge in [-0.15, -0.1) is 0 Å². The normalized spacial score (nSPS) is 28.3. The molecule has 2 saturated carbocycles. The summed E-state index contributed by atoms with van der Waals surface area (Å²) in [5.41, 5.74) is 0.623. The summed E-state index contributed by atoms with van der Waals surface area (Å²) in [6.07, 6.45) is 17.2. The monoisotopic (exact) mass is 277 g/mol. The standard InChI is InChI=1S/C18H31NO/c20-17(16-8-4-1-2-5-9-16)19-14-12-18(13-15-19)10-6-3-7-11-18/h16H,1-15H2. The van der Waals surface area contributed by atoms with Crippen LogP contribution < -0.4 is 0 Å². The number of rotatable bonds is 1. The molecule has 0 aromatic heterocycles. The first-order chi connectivity index (χ1) is 9.79. The zero-order valence-electron chi connectivity index (χ0n) is 13.0. The largest absolute Gasteiger partial charge is 0.342 e. The summed E-state index contributed by atoms with van der Waals surface area (Å²) in [6, 6.07) is 0. The molecule has 3 fully saturated rings. The first kappa shape index (κ1) is 14.4. The Labute approximate surface area is 124 Å². The van der Waals surface area contributed by atoms with Crippen molar-refractivity contribution < 1.29 is 4.79 Å². The van der Waals surface area contributed by atoms with Crippen LogP contribution in [0.3, 0.4) is 0 Å². The number of likely N-dealkylation sites (tertiary alicyclic amines) is 1. The van der Waals surface area contributed by atoms with E-state index in [-0.39, 0.29) is 0 Å². The van der Waals surface area contributed by atoms with Gasteiger partial charge in [0.15, 0.2) is 0 Å². The second kappa shape index (κ2) is 6.49. The van der Waals surface area contributed by atoms with Gasteiger partial charge in [0.2, 0.25) is 5.91 Å². The maximum absolute atomic E-state index is 12.7. The molecular weight excluding hydrogens is 246 g/mol. The Hall–Kier alpha value is -0.530. The fourth-order valence-electron chi connectivity index (χ4n) is 4.79. The van der Waals surface area contributed by atoms with Crippen LogP contribution in [0, 0.1) is 11.3 Å². The van der Waals surface area contributed by atoms with Crippen molar-refractivity contribution in [2.45, 2.75) is 83.5 Å². The topological polar surface area (TPSA) is 20.3 Å². The molecule has 0 N–H and O–H groups in total. The molecule has 0 aromatic carbocycles. The van der Waals surface area contributed by atoms with E-state index in [9.17, 15) is 4.79 Å². The average Bonchev–Trinajstić information content (AvgIpc) is 2.77. The van der Waals surface area contributed by atoms with Gasteiger partial charge in [-0.25, -0.2) is 0 Å². The second-order valence-corrected chi connectivity index (χ2v) is 7.57. The van der Waals surface area contributed by atoms with Crippen LogP contribution in [0.2, 0.25) is 0 Å². The fourth-order valence-corrected chi connectivity index (χ4v) is 4.79. The molecule has 3 aliphatic rings. The molecule has 1 heterocycles. The molecule has 0 unspecified atom stereocenters. The highest BCUT2D eigenvalue weighted by Gasteiger charge is 2.37. The predicted molar refractivity (Wildman–Crippen MR) is 82.5 cm³/mol. The first-order valence-corrected chi connectivity index (χ1v) is 9.08. The van der Waals surface area contributed by atoms with E-state index < -0.39 is 0 Å². The predicted octanol–water partition coefficient (Wildman–Crippen LogP) is 4.53. The van der Waals surface area contributed by atoms with Crippen molar-refractivity contribution in [3.05, 3.63) is 0 Å². The number of carbonyl (C=O) groups is 1.